The van der Waals surface area contributed by atoms with Gasteiger partial charge in [0, 0.05) is 18.8 Å². The van der Waals surface area contributed by atoms with Gasteiger partial charge in [0.25, 0.3) is 0 Å². The van der Waals surface area contributed by atoms with Crippen LogP contribution in [0.5, 0.6) is 0 Å². The maximum absolute atomic E-state index is 12.6. The third kappa shape index (κ3) is 3.22. The molecule has 118 valence electrons. The van der Waals surface area contributed by atoms with E-state index in [0.717, 1.165) is 30.6 Å². The maximum Gasteiger partial charge on any atom is 0.244 e. The van der Waals surface area contributed by atoms with Crippen LogP contribution in [0.2, 0.25) is 0 Å². The Morgan fingerprint density at radius 1 is 1.23 bits per heavy atom. The third-order valence-electron chi connectivity index (χ3n) is 4.16. The number of para-hydroxylation sites is 1. The third-order valence-corrected chi connectivity index (χ3v) is 4.16. The van der Waals surface area contributed by atoms with Crippen LogP contribution in [0.1, 0.15) is 30.7 Å². The zero-order chi connectivity index (χ0) is 15.4. The molecule has 2 heterocycles. The second-order valence-electron chi connectivity index (χ2n) is 5.65. The molecule has 2 aliphatic heterocycles. The van der Waals surface area contributed by atoms with Crippen molar-refractivity contribution < 1.29 is 14.3 Å². The lowest BCUT2D eigenvalue weighted by molar-refractivity contribution is -0.131. The lowest BCUT2D eigenvalue weighted by Crippen LogP contribution is -2.50. The number of benzene rings is 1. The number of hydrogen-bond acceptors (Lipinski definition) is 4. The van der Waals surface area contributed by atoms with Gasteiger partial charge in [-0.3, -0.25) is 9.59 Å². The molecule has 3 N–H and O–H groups in total. The van der Waals surface area contributed by atoms with Gasteiger partial charge in [-0.05, 0) is 30.9 Å². The molecule has 2 aliphatic rings. The molecule has 3 rings (SSSR count). The van der Waals surface area contributed by atoms with Gasteiger partial charge in [-0.2, -0.15) is 0 Å². The Morgan fingerprint density at radius 2 is 2.09 bits per heavy atom. The first-order valence-electron chi connectivity index (χ1n) is 7.74. The van der Waals surface area contributed by atoms with E-state index in [1.807, 2.05) is 24.3 Å². The molecule has 0 saturated carbocycles. The van der Waals surface area contributed by atoms with Crippen LogP contribution in [0, 0.1) is 0 Å². The summed E-state index contributed by atoms with van der Waals surface area (Å²) in [4.78, 5) is 24.6. The van der Waals surface area contributed by atoms with Gasteiger partial charge in [0.15, 0.2) is 0 Å². The minimum absolute atomic E-state index is 0.0735. The Kier molecular flexibility index (Phi) is 4.58. The number of ether oxygens (including phenoxy) is 1. The van der Waals surface area contributed by atoms with E-state index in [4.69, 9.17) is 4.74 Å². The first-order chi connectivity index (χ1) is 10.8. The van der Waals surface area contributed by atoms with Crippen LogP contribution in [0.15, 0.2) is 24.3 Å². The van der Waals surface area contributed by atoms with Crippen molar-refractivity contribution in [3.05, 3.63) is 29.8 Å². The van der Waals surface area contributed by atoms with Gasteiger partial charge < -0.3 is 20.7 Å². The molecule has 1 saturated heterocycles. The Labute approximate surface area is 129 Å². The van der Waals surface area contributed by atoms with Crippen LogP contribution in [-0.2, 0) is 14.3 Å². The zero-order valence-electron chi connectivity index (χ0n) is 12.4. The van der Waals surface area contributed by atoms with Crippen LogP contribution in [-0.4, -0.2) is 37.7 Å². The van der Waals surface area contributed by atoms with E-state index in [0.29, 0.717) is 13.0 Å². The first-order valence-corrected chi connectivity index (χ1v) is 7.74. The SMILES string of the molecule is O=C1NCOCCC[C@H]1NC(=O)[C@@H]1CCNc2ccccc21. The van der Waals surface area contributed by atoms with E-state index in [9.17, 15) is 9.59 Å². The van der Waals surface area contributed by atoms with Crippen molar-refractivity contribution >= 4 is 17.5 Å². The van der Waals surface area contributed by atoms with E-state index in [2.05, 4.69) is 16.0 Å². The summed E-state index contributed by atoms with van der Waals surface area (Å²) >= 11 is 0. The van der Waals surface area contributed by atoms with E-state index < -0.39 is 6.04 Å². The number of hydrogen-bond donors (Lipinski definition) is 3. The summed E-state index contributed by atoms with van der Waals surface area (Å²) < 4.78 is 5.21. The van der Waals surface area contributed by atoms with Crippen LogP contribution in [0.25, 0.3) is 0 Å². The fraction of sp³-hybridized carbons (Fsp3) is 0.500. The van der Waals surface area contributed by atoms with Crippen molar-refractivity contribution in [1.82, 2.24) is 10.6 Å². The molecule has 1 aromatic carbocycles. The van der Waals surface area contributed by atoms with Crippen LogP contribution < -0.4 is 16.0 Å². The van der Waals surface area contributed by atoms with Crippen molar-refractivity contribution in [2.75, 3.05) is 25.2 Å². The van der Waals surface area contributed by atoms with Crippen molar-refractivity contribution in [1.29, 1.82) is 0 Å². The lowest BCUT2D eigenvalue weighted by Gasteiger charge is -2.28. The summed E-state index contributed by atoms with van der Waals surface area (Å²) in [7, 11) is 0. The van der Waals surface area contributed by atoms with Crippen molar-refractivity contribution in [2.45, 2.75) is 31.2 Å². The van der Waals surface area contributed by atoms with E-state index in [1.165, 1.54) is 0 Å². The number of nitrogens with one attached hydrogen (secondary N) is 3. The first kappa shape index (κ1) is 14.8. The molecule has 0 aliphatic carbocycles. The van der Waals surface area contributed by atoms with Crippen molar-refractivity contribution in [2.24, 2.45) is 0 Å². The average molecular weight is 303 g/mol. The molecule has 22 heavy (non-hydrogen) atoms. The fourth-order valence-corrected chi connectivity index (χ4v) is 2.99. The maximum atomic E-state index is 12.6. The van der Waals surface area contributed by atoms with Gasteiger partial charge in [0.2, 0.25) is 11.8 Å². The van der Waals surface area contributed by atoms with Crippen LogP contribution in [0.4, 0.5) is 5.69 Å². The number of anilines is 1. The highest BCUT2D eigenvalue weighted by atomic mass is 16.5. The molecule has 0 bridgehead atoms. The van der Waals surface area contributed by atoms with Crippen molar-refractivity contribution in [3.63, 3.8) is 0 Å². The van der Waals surface area contributed by atoms with Gasteiger partial charge in [0.1, 0.15) is 12.8 Å². The quantitative estimate of drug-likeness (QED) is 0.760. The highest BCUT2D eigenvalue weighted by Crippen LogP contribution is 2.31. The van der Waals surface area contributed by atoms with Gasteiger partial charge in [-0.1, -0.05) is 18.2 Å². The van der Waals surface area contributed by atoms with Gasteiger partial charge in [0.05, 0.1) is 5.92 Å². The Morgan fingerprint density at radius 3 is 3.00 bits per heavy atom. The Bertz CT molecular complexity index is 561. The molecule has 1 fully saturated rings. The van der Waals surface area contributed by atoms with Crippen molar-refractivity contribution in [3.8, 4) is 0 Å². The predicted octanol–water partition coefficient (Wildman–Crippen LogP) is 0.955. The summed E-state index contributed by atoms with van der Waals surface area (Å²) in [6.07, 6.45) is 2.10. The molecule has 6 heteroatoms. The summed E-state index contributed by atoms with van der Waals surface area (Å²) in [6.45, 7) is 1.57. The molecular formula is C16H21N3O3. The summed E-state index contributed by atoms with van der Waals surface area (Å²) in [5.41, 5.74) is 2.00. The molecule has 0 aromatic heterocycles. The van der Waals surface area contributed by atoms with Crippen LogP contribution >= 0.6 is 0 Å². The van der Waals surface area contributed by atoms with E-state index in [1.54, 1.807) is 0 Å². The smallest absolute Gasteiger partial charge is 0.244 e. The number of fused-ring (bicyclic) bond motifs is 1. The van der Waals surface area contributed by atoms with Crippen LogP contribution in [0.3, 0.4) is 0 Å². The monoisotopic (exact) mass is 303 g/mol. The zero-order valence-corrected chi connectivity index (χ0v) is 12.4. The fourth-order valence-electron chi connectivity index (χ4n) is 2.99. The van der Waals surface area contributed by atoms with Gasteiger partial charge in [-0.15, -0.1) is 0 Å². The largest absolute Gasteiger partial charge is 0.385 e. The normalized spacial score (nSPS) is 25.0. The minimum Gasteiger partial charge on any atom is -0.385 e. The highest BCUT2D eigenvalue weighted by Gasteiger charge is 2.29. The number of carbonyl (C=O) groups excluding carboxylic acids is 2. The molecule has 2 atom stereocenters. The summed E-state index contributed by atoms with van der Waals surface area (Å²) in [5, 5.41) is 8.89. The van der Waals surface area contributed by atoms with Gasteiger partial charge in [-0.25, -0.2) is 0 Å². The van der Waals surface area contributed by atoms with E-state index in [-0.39, 0.29) is 24.5 Å². The second-order valence-corrected chi connectivity index (χ2v) is 5.65. The molecule has 6 nitrogen and oxygen atoms in total. The number of carbonyl (C=O) groups is 2. The lowest BCUT2D eigenvalue weighted by atomic mass is 9.90. The molecular weight excluding hydrogens is 282 g/mol. The Balaban J connectivity index is 1.70. The Hall–Kier alpha value is -2.08. The van der Waals surface area contributed by atoms with Gasteiger partial charge >= 0.3 is 0 Å². The standard InChI is InChI=1S/C16H21N3O3/c20-15(19-14-6-3-9-22-10-18-16(14)21)12-7-8-17-13-5-2-1-4-11(12)13/h1-2,4-5,12,14,17H,3,6-10H2,(H,18,21)(H,19,20)/t12-,14-/m1/s1. The summed E-state index contributed by atoms with van der Waals surface area (Å²) in [5.74, 6) is -0.446. The minimum atomic E-state index is -0.474. The molecule has 1 aromatic rings. The average Bonchev–Trinajstić information content (AvgIpc) is 2.54. The molecule has 2 amide bonds. The molecule has 0 radical (unpaired) electrons. The van der Waals surface area contributed by atoms with E-state index >= 15 is 0 Å². The molecule has 0 spiro atoms. The topological polar surface area (TPSA) is 79.5 Å². The number of rotatable bonds is 2. The summed E-state index contributed by atoms with van der Waals surface area (Å²) in [6, 6.07) is 7.37. The number of amides is 2. The highest BCUT2D eigenvalue weighted by molar-refractivity contribution is 5.91. The second kappa shape index (κ2) is 6.79. The predicted molar refractivity (Wildman–Crippen MR) is 82.4 cm³/mol. The molecule has 0 unspecified atom stereocenters.